The van der Waals surface area contributed by atoms with Gasteiger partial charge in [-0.05, 0) is 44.0 Å². The van der Waals surface area contributed by atoms with E-state index < -0.39 is 5.54 Å². The number of nitrogens with zero attached hydrogens (tertiary/aromatic N) is 1. The molecule has 0 fully saturated rings. The quantitative estimate of drug-likeness (QED) is 0.562. The molecule has 1 aromatic carbocycles. The number of rotatable bonds is 3. The predicted octanol–water partition coefficient (Wildman–Crippen LogP) is 2.57. The second kappa shape index (κ2) is 4.28. The molecule has 0 aliphatic carbocycles. The summed E-state index contributed by atoms with van der Waals surface area (Å²) in [5.41, 5.74) is 1.53. The molecule has 15 heavy (non-hydrogen) atoms. The van der Waals surface area contributed by atoms with Gasteiger partial charge in [-0.25, -0.2) is 4.79 Å². The maximum absolute atomic E-state index is 10.3. The third kappa shape index (κ3) is 2.45. The Morgan fingerprint density at radius 3 is 2.53 bits per heavy atom. The Labute approximate surface area is 89.8 Å². The zero-order valence-corrected chi connectivity index (χ0v) is 9.50. The summed E-state index contributed by atoms with van der Waals surface area (Å²) in [6.07, 6.45) is 1.61. The van der Waals surface area contributed by atoms with Gasteiger partial charge >= 0.3 is 0 Å². The van der Waals surface area contributed by atoms with Crippen molar-refractivity contribution in [2.24, 2.45) is 4.99 Å². The van der Waals surface area contributed by atoms with Crippen LogP contribution in [-0.4, -0.2) is 13.2 Å². The number of isocyanates is 1. The van der Waals surface area contributed by atoms with E-state index in [9.17, 15) is 4.79 Å². The molecule has 0 saturated carbocycles. The van der Waals surface area contributed by atoms with Crippen LogP contribution in [0.4, 0.5) is 0 Å². The lowest BCUT2D eigenvalue weighted by atomic mass is 9.91. The van der Waals surface area contributed by atoms with Crippen molar-refractivity contribution in [2.45, 2.75) is 26.3 Å². The van der Waals surface area contributed by atoms with Gasteiger partial charge in [-0.3, -0.25) is 0 Å². The monoisotopic (exact) mass is 205 g/mol. The molecule has 0 aliphatic rings. The molecule has 0 aliphatic heterocycles. The molecule has 0 unspecified atom stereocenters. The summed E-state index contributed by atoms with van der Waals surface area (Å²) in [7, 11) is 1.63. The SMILES string of the molecule is COc1ccc(C(C)(C)N=C=O)c(C)c1. The van der Waals surface area contributed by atoms with E-state index in [2.05, 4.69) is 4.99 Å². The smallest absolute Gasteiger partial charge is 0.235 e. The summed E-state index contributed by atoms with van der Waals surface area (Å²) in [5.74, 6) is 0.808. The van der Waals surface area contributed by atoms with Gasteiger partial charge in [0, 0.05) is 0 Å². The molecule has 0 amide bonds. The van der Waals surface area contributed by atoms with Crippen molar-refractivity contribution in [3.05, 3.63) is 29.3 Å². The topological polar surface area (TPSA) is 38.7 Å². The number of aryl methyl sites for hydroxylation is 1. The Balaban J connectivity index is 3.21. The number of hydrogen-bond acceptors (Lipinski definition) is 3. The number of ether oxygens (including phenoxy) is 1. The molecular formula is C12H15NO2. The number of methoxy groups -OCH3 is 1. The molecule has 0 heterocycles. The van der Waals surface area contributed by atoms with Gasteiger partial charge in [0.05, 0.1) is 12.6 Å². The number of benzene rings is 1. The lowest BCUT2D eigenvalue weighted by Gasteiger charge is -2.20. The molecular weight excluding hydrogens is 190 g/mol. The summed E-state index contributed by atoms with van der Waals surface area (Å²) < 4.78 is 5.11. The van der Waals surface area contributed by atoms with Crippen LogP contribution in [-0.2, 0) is 10.3 Å². The molecule has 0 bridgehead atoms. The average Bonchev–Trinajstić information content (AvgIpc) is 2.17. The van der Waals surface area contributed by atoms with Gasteiger partial charge in [0.25, 0.3) is 0 Å². The molecule has 1 rings (SSSR count). The molecule has 0 radical (unpaired) electrons. The van der Waals surface area contributed by atoms with Crippen LogP contribution in [0.1, 0.15) is 25.0 Å². The number of hydrogen-bond donors (Lipinski definition) is 0. The fourth-order valence-corrected chi connectivity index (χ4v) is 1.62. The summed E-state index contributed by atoms with van der Waals surface area (Å²) >= 11 is 0. The second-order valence-corrected chi connectivity index (χ2v) is 3.94. The first-order valence-corrected chi connectivity index (χ1v) is 4.75. The van der Waals surface area contributed by atoms with Crippen LogP contribution in [0.25, 0.3) is 0 Å². The molecule has 1 aromatic rings. The molecule has 3 nitrogen and oxygen atoms in total. The highest BCUT2D eigenvalue weighted by molar-refractivity contribution is 5.42. The Kier molecular flexibility index (Phi) is 3.28. The van der Waals surface area contributed by atoms with E-state index in [1.54, 1.807) is 13.2 Å². The zero-order valence-electron chi connectivity index (χ0n) is 9.50. The normalized spacial score (nSPS) is 10.7. The third-order valence-electron chi connectivity index (χ3n) is 2.42. The first kappa shape index (κ1) is 11.5. The van der Waals surface area contributed by atoms with Crippen molar-refractivity contribution in [3.63, 3.8) is 0 Å². The maximum atomic E-state index is 10.3. The summed E-state index contributed by atoms with van der Waals surface area (Å²) in [6, 6.07) is 5.72. The number of aliphatic imine (C=N–C) groups is 1. The van der Waals surface area contributed by atoms with Crippen molar-refractivity contribution in [1.82, 2.24) is 0 Å². The largest absolute Gasteiger partial charge is 0.497 e. The maximum Gasteiger partial charge on any atom is 0.235 e. The van der Waals surface area contributed by atoms with E-state index in [-0.39, 0.29) is 0 Å². The van der Waals surface area contributed by atoms with Gasteiger partial charge in [0.1, 0.15) is 5.75 Å². The summed E-state index contributed by atoms with van der Waals surface area (Å²) in [6.45, 7) is 5.74. The first-order chi connectivity index (χ1) is 7.01. The van der Waals surface area contributed by atoms with E-state index in [0.717, 1.165) is 16.9 Å². The first-order valence-electron chi connectivity index (χ1n) is 4.75. The third-order valence-corrected chi connectivity index (χ3v) is 2.42. The Morgan fingerprint density at radius 1 is 1.40 bits per heavy atom. The van der Waals surface area contributed by atoms with E-state index >= 15 is 0 Å². The van der Waals surface area contributed by atoms with Crippen LogP contribution in [0.5, 0.6) is 5.75 Å². The molecule has 0 atom stereocenters. The second-order valence-electron chi connectivity index (χ2n) is 3.94. The highest BCUT2D eigenvalue weighted by Gasteiger charge is 2.21. The van der Waals surface area contributed by atoms with Gasteiger partial charge in [0.15, 0.2) is 0 Å². The molecule has 0 saturated heterocycles. The van der Waals surface area contributed by atoms with Crippen molar-refractivity contribution in [1.29, 1.82) is 0 Å². The number of carbonyl (C=O) groups excluding carboxylic acids is 1. The van der Waals surface area contributed by atoms with Gasteiger partial charge < -0.3 is 4.74 Å². The van der Waals surface area contributed by atoms with Crippen molar-refractivity contribution >= 4 is 6.08 Å². The van der Waals surface area contributed by atoms with Crippen LogP contribution >= 0.6 is 0 Å². The van der Waals surface area contributed by atoms with Gasteiger partial charge in [-0.1, -0.05) is 6.07 Å². The average molecular weight is 205 g/mol. The molecule has 80 valence electrons. The minimum Gasteiger partial charge on any atom is -0.497 e. The standard InChI is InChI=1S/C12H15NO2/c1-9-7-10(15-4)5-6-11(9)12(2,3)13-8-14/h5-7H,1-4H3. The van der Waals surface area contributed by atoms with E-state index in [1.165, 1.54) is 0 Å². The fraction of sp³-hybridized carbons (Fsp3) is 0.417. The molecule has 0 aromatic heterocycles. The van der Waals surface area contributed by atoms with Gasteiger partial charge in [-0.2, -0.15) is 4.99 Å². The van der Waals surface area contributed by atoms with Crippen LogP contribution < -0.4 is 4.74 Å². The predicted molar refractivity (Wildman–Crippen MR) is 58.9 cm³/mol. The van der Waals surface area contributed by atoms with E-state index in [1.807, 2.05) is 39.0 Å². The summed E-state index contributed by atoms with van der Waals surface area (Å²) in [5, 5.41) is 0. The highest BCUT2D eigenvalue weighted by Crippen LogP contribution is 2.29. The Bertz CT molecular complexity index is 404. The lowest BCUT2D eigenvalue weighted by molar-refractivity contribution is 0.413. The minimum absolute atomic E-state index is 0.530. The van der Waals surface area contributed by atoms with Crippen LogP contribution in [0.15, 0.2) is 23.2 Å². The highest BCUT2D eigenvalue weighted by atomic mass is 16.5. The van der Waals surface area contributed by atoms with Crippen molar-refractivity contribution < 1.29 is 9.53 Å². The van der Waals surface area contributed by atoms with Crippen LogP contribution in [0.2, 0.25) is 0 Å². The fourth-order valence-electron chi connectivity index (χ4n) is 1.62. The molecule has 0 N–H and O–H groups in total. The molecule has 3 heteroatoms. The van der Waals surface area contributed by atoms with Crippen LogP contribution in [0.3, 0.4) is 0 Å². The lowest BCUT2D eigenvalue weighted by Crippen LogP contribution is -2.15. The van der Waals surface area contributed by atoms with Crippen molar-refractivity contribution in [2.75, 3.05) is 7.11 Å². The Morgan fingerprint density at radius 2 is 2.07 bits per heavy atom. The summed E-state index contributed by atoms with van der Waals surface area (Å²) in [4.78, 5) is 14.1. The van der Waals surface area contributed by atoms with E-state index in [4.69, 9.17) is 4.74 Å². The zero-order chi connectivity index (χ0) is 11.5. The minimum atomic E-state index is -0.530. The molecule has 0 spiro atoms. The van der Waals surface area contributed by atoms with Crippen molar-refractivity contribution in [3.8, 4) is 5.75 Å². The Hall–Kier alpha value is -1.60. The van der Waals surface area contributed by atoms with Gasteiger partial charge in [-0.15, -0.1) is 0 Å². The van der Waals surface area contributed by atoms with Crippen LogP contribution in [0, 0.1) is 6.92 Å². The van der Waals surface area contributed by atoms with E-state index in [0.29, 0.717) is 0 Å². The van der Waals surface area contributed by atoms with Gasteiger partial charge in [0.2, 0.25) is 6.08 Å².